The van der Waals surface area contributed by atoms with Crippen molar-refractivity contribution in [3.8, 4) is 0 Å². The second-order valence-electron chi connectivity index (χ2n) is 3.41. The minimum Gasteiger partial charge on any atom is -0.390 e. The maximum atomic E-state index is 12.8. The molecule has 0 aromatic carbocycles. The molecule has 1 atom stereocenters. The highest BCUT2D eigenvalue weighted by Crippen LogP contribution is 2.21. The molecule has 1 unspecified atom stereocenters. The van der Waals surface area contributed by atoms with Gasteiger partial charge in [0, 0.05) is 0 Å². The quantitative estimate of drug-likeness (QED) is 0.506. The van der Waals surface area contributed by atoms with Crippen LogP contribution in [0.15, 0.2) is 0 Å². The third-order valence-corrected chi connectivity index (χ3v) is 1.70. The number of epoxide rings is 1. The van der Waals surface area contributed by atoms with Crippen molar-refractivity contribution in [1.82, 2.24) is 0 Å². The van der Waals surface area contributed by atoms with Crippen LogP contribution in [0.5, 0.6) is 0 Å². The molecule has 1 heterocycles. The summed E-state index contributed by atoms with van der Waals surface area (Å²) in [7, 11) is 0. The lowest BCUT2D eigenvalue weighted by molar-refractivity contribution is -0.289. The number of alkyl halides is 4. The summed E-state index contributed by atoms with van der Waals surface area (Å²) in [5.41, 5.74) is 0. The molecule has 1 aliphatic heterocycles. The highest BCUT2D eigenvalue weighted by Gasteiger charge is 2.38. The first-order valence-electron chi connectivity index (χ1n) is 4.54. The summed E-state index contributed by atoms with van der Waals surface area (Å²) in [5.74, 6) is -3.68. The van der Waals surface area contributed by atoms with Gasteiger partial charge in [0.25, 0.3) is 5.92 Å². The molecule has 0 aromatic heterocycles. The van der Waals surface area contributed by atoms with Crippen LogP contribution < -0.4 is 0 Å². The fourth-order valence-electron chi connectivity index (χ4n) is 0.772. The average Bonchev–Trinajstić information content (AvgIpc) is 2.99. The Labute approximate surface area is 89.1 Å². The number of aliphatic hydroxyl groups is 1. The van der Waals surface area contributed by atoms with Gasteiger partial charge >= 0.3 is 6.11 Å². The van der Waals surface area contributed by atoms with Crippen LogP contribution in [-0.4, -0.2) is 56.3 Å². The average molecular weight is 248 g/mol. The van der Waals surface area contributed by atoms with Crippen LogP contribution in [0.2, 0.25) is 0 Å². The molecule has 0 spiro atoms. The summed E-state index contributed by atoms with van der Waals surface area (Å²) < 4.78 is 63.1. The van der Waals surface area contributed by atoms with Gasteiger partial charge in [-0.25, -0.2) is 8.78 Å². The number of hydrogen-bond donors (Lipinski definition) is 1. The molecule has 0 aromatic rings. The first-order valence-corrected chi connectivity index (χ1v) is 4.54. The van der Waals surface area contributed by atoms with E-state index in [0.29, 0.717) is 6.61 Å². The van der Waals surface area contributed by atoms with Gasteiger partial charge in [-0.1, -0.05) is 0 Å². The van der Waals surface area contributed by atoms with Gasteiger partial charge in [-0.3, -0.25) is 0 Å². The van der Waals surface area contributed by atoms with Crippen LogP contribution in [0.1, 0.15) is 0 Å². The van der Waals surface area contributed by atoms with E-state index in [1.807, 2.05) is 0 Å². The molecule has 0 radical (unpaired) electrons. The monoisotopic (exact) mass is 248 g/mol. The molecule has 1 saturated heterocycles. The van der Waals surface area contributed by atoms with Crippen LogP contribution in [0.3, 0.4) is 0 Å². The first kappa shape index (κ1) is 13.6. The van der Waals surface area contributed by atoms with Crippen molar-refractivity contribution in [2.45, 2.75) is 18.1 Å². The lowest BCUT2D eigenvalue weighted by Crippen LogP contribution is -2.36. The molecule has 0 saturated carbocycles. The first-order chi connectivity index (χ1) is 7.35. The molecular formula is C8H12F4O4. The predicted molar refractivity (Wildman–Crippen MR) is 43.5 cm³/mol. The zero-order chi connectivity index (χ0) is 12.2. The third kappa shape index (κ3) is 5.59. The number of aliphatic hydroxyl groups excluding tert-OH is 1. The molecule has 1 aliphatic rings. The number of ether oxygens (including phenoxy) is 3. The molecule has 8 heteroatoms. The Morgan fingerprint density at radius 2 is 1.88 bits per heavy atom. The van der Waals surface area contributed by atoms with E-state index >= 15 is 0 Å². The van der Waals surface area contributed by atoms with Gasteiger partial charge in [0.1, 0.15) is 25.9 Å². The van der Waals surface area contributed by atoms with Crippen molar-refractivity contribution in [2.24, 2.45) is 0 Å². The van der Waals surface area contributed by atoms with Gasteiger partial charge in [0.15, 0.2) is 0 Å². The lowest BCUT2D eigenvalue weighted by atomic mass is 10.4. The van der Waals surface area contributed by atoms with E-state index in [9.17, 15) is 17.6 Å². The molecule has 1 fully saturated rings. The minimum absolute atomic E-state index is 0.0185. The maximum absolute atomic E-state index is 12.8. The van der Waals surface area contributed by atoms with E-state index in [1.165, 1.54) is 0 Å². The smallest absolute Gasteiger partial charge is 0.379 e. The third-order valence-electron chi connectivity index (χ3n) is 1.70. The second kappa shape index (κ2) is 5.26. The minimum atomic E-state index is -3.80. The molecule has 0 aliphatic carbocycles. The van der Waals surface area contributed by atoms with Crippen LogP contribution in [0.4, 0.5) is 17.6 Å². The number of hydrogen-bond acceptors (Lipinski definition) is 4. The van der Waals surface area contributed by atoms with Crippen molar-refractivity contribution in [1.29, 1.82) is 0 Å². The molecule has 96 valence electrons. The topological polar surface area (TPSA) is 51.2 Å². The zero-order valence-corrected chi connectivity index (χ0v) is 8.30. The van der Waals surface area contributed by atoms with Gasteiger partial charge in [0.05, 0.1) is 13.2 Å². The molecule has 16 heavy (non-hydrogen) atoms. The van der Waals surface area contributed by atoms with E-state index in [4.69, 9.17) is 9.84 Å². The highest BCUT2D eigenvalue weighted by molar-refractivity contribution is 4.68. The Hall–Kier alpha value is -0.440. The normalized spacial score (nSPS) is 21.2. The van der Waals surface area contributed by atoms with E-state index < -0.39 is 31.9 Å². The van der Waals surface area contributed by atoms with Crippen molar-refractivity contribution in [3.63, 3.8) is 0 Å². The predicted octanol–water partition coefficient (Wildman–Crippen LogP) is 0.639. The standard InChI is InChI=1S/C8H12F4O4/c9-7(10,3-13)4-16-8(11,12)5-14-1-6-2-15-6/h6,13H,1-5H2. The molecule has 0 amide bonds. The zero-order valence-electron chi connectivity index (χ0n) is 8.30. The highest BCUT2D eigenvalue weighted by atomic mass is 19.3. The summed E-state index contributed by atoms with van der Waals surface area (Å²) in [6, 6.07) is 0. The second-order valence-corrected chi connectivity index (χ2v) is 3.41. The van der Waals surface area contributed by atoms with E-state index in [-0.39, 0.29) is 12.7 Å². The van der Waals surface area contributed by atoms with Crippen LogP contribution in [-0.2, 0) is 14.2 Å². The molecule has 4 nitrogen and oxygen atoms in total. The van der Waals surface area contributed by atoms with Crippen LogP contribution >= 0.6 is 0 Å². The Balaban J connectivity index is 2.15. The Kier molecular flexibility index (Phi) is 4.48. The Bertz CT molecular complexity index is 220. The van der Waals surface area contributed by atoms with Crippen LogP contribution in [0, 0.1) is 0 Å². The molecule has 0 bridgehead atoms. The lowest BCUT2D eigenvalue weighted by Gasteiger charge is -2.20. The summed E-state index contributed by atoms with van der Waals surface area (Å²) in [6.07, 6.45) is -3.98. The van der Waals surface area contributed by atoms with Crippen molar-refractivity contribution >= 4 is 0 Å². The molecule has 1 rings (SSSR count). The Morgan fingerprint density at radius 3 is 2.38 bits per heavy atom. The van der Waals surface area contributed by atoms with Gasteiger partial charge in [-0.2, -0.15) is 8.78 Å². The number of rotatable bonds is 8. The van der Waals surface area contributed by atoms with Gasteiger partial charge < -0.3 is 19.3 Å². The van der Waals surface area contributed by atoms with Crippen molar-refractivity contribution in [2.75, 3.05) is 33.0 Å². The number of halogens is 4. The molecular weight excluding hydrogens is 236 g/mol. The van der Waals surface area contributed by atoms with E-state index in [1.54, 1.807) is 0 Å². The largest absolute Gasteiger partial charge is 0.390 e. The van der Waals surface area contributed by atoms with E-state index in [0.717, 1.165) is 0 Å². The van der Waals surface area contributed by atoms with Crippen molar-refractivity contribution < 1.29 is 36.9 Å². The maximum Gasteiger partial charge on any atom is 0.379 e. The summed E-state index contributed by atoms with van der Waals surface area (Å²) in [5, 5.41) is 8.13. The summed E-state index contributed by atoms with van der Waals surface area (Å²) in [4.78, 5) is 0. The summed E-state index contributed by atoms with van der Waals surface area (Å²) >= 11 is 0. The summed E-state index contributed by atoms with van der Waals surface area (Å²) in [6.45, 7) is -3.78. The van der Waals surface area contributed by atoms with Crippen LogP contribution in [0.25, 0.3) is 0 Å². The fourth-order valence-corrected chi connectivity index (χ4v) is 0.772. The SMILES string of the molecule is OCC(F)(F)COC(F)(F)COCC1CO1. The van der Waals surface area contributed by atoms with Gasteiger partial charge in [-0.15, -0.1) is 0 Å². The van der Waals surface area contributed by atoms with E-state index in [2.05, 4.69) is 9.47 Å². The molecule has 1 N–H and O–H groups in total. The van der Waals surface area contributed by atoms with Gasteiger partial charge in [-0.05, 0) is 0 Å². The Morgan fingerprint density at radius 1 is 1.25 bits per heavy atom. The van der Waals surface area contributed by atoms with Crippen molar-refractivity contribution in [3.05, 3.63) is 0 Å². The van der Waals surface area contributed by atoms with Gasteiger partial charge in [0.2, 0.25) is 0 Å². The fraction of sp³-hybridized carbons (Fsp3) is 1.00.